The number of thiophene rings is 1. The Hall–Kier alpha value is -0.380. The smallest absolute Gasteiger partial charge is 0.0363 e. The molecule has 20 heavy (non-hydrogen) atoms. The first kappa shape index (κ1) is 14.6. The molecule has 0 spiro atoms. The second kappa shape index (κ2) is 5.43. The van der Waals surface area contributed by atoms with Crippen molar-refractivity contribution in [1.82, 2.24) is 10.2 Å². The number of nitrogens with one attached hydrogen (secondary N) is 1. The molecular formula is C17H28N2S. The molecule has 3 rings (SSSR count). The molecule has 1 aromatic rings. The van der Waals surface area contributed by atoms with Crippen molar-refractivity contribution >= 4 is 11.3 Å². The van der Waals surface area contributed by atoms with Crippen molar-refractivity contribution in [3.8, 4) is 0 Å². The van der Waals surface area contributed by atoms with E-state index >= 15 is 0 Å². The second-order valence-electron chi connectivity index (χ2n) is 7.46. The molecule has 3 heteroatoms. The summed E-state index contributed by atoms with van der Waals surface area (Å²) in [5.41, 5.74) is 1.86. The van der Waals surface area contributed by atoms with Gasteiger partial charge in [0.05, 0.1) is 0 Å². The van der Waals surface area contributed by atoms with Crippen molar-refractivity contribution in [3.63, 3.8) is 0 Å². The van der Waals surface area contributed by atoms with Gasteiger partial charge in [0.25, 0.3) is 0 Å². The standard InChI is InChI=1S/C17H28N2S/c1-12(2)15-10-18-17(3,4)11-19(15)14-6-5-7-16-13(14)8-9-20-16/h8-9,12,14-15,18H,5-7,10-11H2,1-4H3. The topological polar surface area (TPSA) is 15.3 Å². The van der Waals surface area contributed by atoms with E-state index in [4.69, 9.17) is 0 Å². The summed E-state index contributed by atoms with van der Waals surface area (Å²) in [6, 6.07) is 3.70. The van der Waals surface area contributed by atoms with Gasteiger partial charge >= 0.3 is 0 Å². The van der Waals surface area contributed by atoms with Crippen molar-refractivity contribution in [3.05, 3.63) is 21.9 Å². The number of fused-ring (bicyclic) bond motifs is 1. The molecule has 0 aromatic carbocycles. The van der Waals surface area contributed by atoms with Crippen LogP contribution < -0.4 is 5.32 Å². The maximum Gasteiger partial charge on any atom is 0.0363 e. The normalized spacial score (nSPS) is 30.4. The van der Waals surface area contributed by atoms with E-state index in [1.165, 1.54) is 19.3 Å². The Morgan fingerprint density at radius 1 is 1.40 bits per heavy atom. The van der Waals surface area contributed by atoms with Crippen LogP contribution in [-0.4, -0.2) is 29.6 Å². The van der Waals surface area contributed by atoms with E-state index in [9.17, 15) is 0 Å². The van der Waals surface area contributed by atoms with Crippen molar-refractivity contribution < 1.29 is 0 Å². The molecule has 112 valence electrons. The molecule has 0 radical (unpaired) electrons. The Kier molecular flexibility index (Phi) is 3.95. The quantitative estimate of drug-likeness (QED) is 0.891. The average molecular weight is 292 g/mol. The highest BCUT2D eigenvalue weighted by molar-refractivity contribution is 7.10. The summed E-state index contributed by atoms with van der Waals surface area (Å²) >= 11 is 1.96. The Morgan fingerprint density at radius 3 is 2.95 bits per heavy atom. The first-order valence-corrected chi connectivity index (χ1v) is 8.93. The van der Waals surface area contributed by atoms with E-state index in [0.29, 0.717) is 18.0 Å². The maximum absolute atomic E-state index is 3.74. The van der Waals surface area contributed by atoms with E-state index in [1.54, 1.807) is 10.4 Å². The van der Waals surface area contributed by atoms with E-state index in [2.05, 4.69) is 49.4 Å². The fourth-order valence-electron chi connectivity index (χ4n) is 3.89. The molecule has 2 aliphatic rings. The fraction of sp³-hybridized carbons (Fsp3) is 0.765. The molecule has 1 aliphatic heterocycles. The van der Waals surface area contributed by atoms with Crippen LogP contribution in [0.5, 0.6) is 0 Å². The lowest BCUT2D eigenvalue weighted by molar-refractivity contribution is 0.0248. The Morgan fingerprint density at radius 2 is 2.20 bits per heavy atom. The fourth-order valence-corrected chi connectivity index (χ4v) is 4.88. The zero-order valence-corrected chi connectivity index (χ0v) is 14.1. The molecule has 0 amide bonds. The third-order valence-electron chi connectivity index (χ3n) is 4.98. The molecule has 1 aromatic heterocycles. The molecule has 2 nitrogen and oxygen atoms in total. The van der Waals surface area contributed by atoms with Gasteiger partial charge in [0.2, 0.25) is 0 Å². The first-order valence-electron chi connectivity index (χ1n) is 8.05. The summed E-state index contributed by atoms with van der Waals surface area (Å²) in [6.45, 7) is 11.7. The van der Waals surface area contributed by atoms with Crippen molar-refractivity contribution in [2.45, 2.75) is 64.6 Å². The van der Waals surface area contributed by atoms with Crippen LogP contribution in [-0.2, 0) is 6.42 Å². The molecular weight excluding hydrogens is 264 g/mol. The lowest BCUT2D eigenvalue weighted by Gasteiger charge is -2.50. The van der Waals surface area contributed by atoms with E-state index in [0.717, 1.165) is 13.1 Å². The molecule has 2 heterocycles. The number of piperazine rings is 1. The van der Waals surface area contributed by atoms with Crippen LogP contribution in [0.3, 0.4) is 0 Å². The van der Waals surface area contributed by atoms with Gasteiger partial charge in [-0.3, -0.25) is 4.90 Å². The van der Waals surface area contributed by atoms with Crippen LogP contribution in [0.25, 0.3) is 0 Å². The van der Waals surface area contributed by atoms with Gasteiger partial charge in [-0.25, -0.2) is 0 Å². The number of nitrogens with zero attached hydrogens (tertiary/aromatic N) is 1. The highest BCUT2D eigenvalue weighted by atomic mass is 32.1. The van der Waals surface area contributed by atoms with Gasteiger partial charge in [-0.1, -0.05) is 13.8 Å². The van der Waals surface area contributed by atoms with Gasteiger partial charge < -0.3 is 5.32 Å². The van der Waals surface area contributed by atoms with Crippen LogP contribution in [0, 0.1) is 5.92 Å². The summed E-state index contributed by atoms with van der Waals surface area (Å²) in [7, 11) is 0. The minimum atomic E-state index is 0.235. The van der Waals surface area contributed by atoms with Gasteiger partial charge in [0.15, 0.2) is 0 Å². The van der Waals surface area contributed by atoms with Crippen LogP contribution in [0.1, 0.15) is 57.0 Å². The summed E-state index contributed by atoms with van der Waals surface area (Å²) in [5.74, 6) is 0.711. The molecule has 1 saturated heterocycles. The van der Waals surface area contributed by atoms with Gasteiger partial charge in [0.1, 0.15) is 0 Å². The van der Waals surface area contributed by atoms with Crippen LogP contribution in [0.2, 0.25) is 0 Å². The SMILES string of the molecule is CC(C)C1CNC(C)(C)CN1C1CCCc2sccc21. The number of hydrogen-bond donors (Lipinski definition) is 1. The predicted octanol–water partition coefficient (Wildman–Crippen LogP) is 3.83. The van der Waals surface area contributed by atoms with E-state index in [-0.39, 0.29) is 5.54 Å². The third kappa shape index (κ3) is 2.68. The Bertz CT molecular complexity index is 463. The minimum Gasteiger partial charge on any atom is -0.309 e. The summed E-state index contributed by atoms with van der Waals surface area (Å²) < 4.78 is 0. The monoisotopic (exact) mass is 292 g/mol. The molecule has 1 fully saturated rings. The van der Waals surface area contributed by atoms with Gasteiger partial charge in [0, 0.05) is 35.6 Å². The van der Waals surface area contributed by atoms with Crippen molar-refractivity contribution in [2.75, 3.05) is 13.1 Å². The molecule has 2 unspecified atom stereocenters. The number of rotatable bonds is 2. The molecule has 1 aliphatic carbocycles. The highest BCUT2D eigenvalue weighted by Gasteiger charge is 2.39. The van der Waals surface area contributed by atoms with E-state index in [1.807, 2.05) is 11.3 Å². The van der Waals surface area contributed by atoms with E-state index < -0.39 is 0 Å². The van der Waals surface area contributed by atoms with Gasteiger partial charge in [-0.2, -0.15) is 0 Å². The van der Waals surface area contributed by atoms with Crippen LogP contribution in [0.4, 0.5) is 0 Å². The Balaban J connectivity index is 1.90. The summed E-state index contributed by atoms with van der Waals surface area (Å²) in [6.07, 6.45) is 3.99. The van der Waals surface area contributed by atoms with Gasteiger partial charge in [-0.15, -0.1) is 11.3 Å². The maximum atomic E-state index is 3.74. The number of aryl methyl sites for hydroxylation is 1. The van der Waals surface area contributed by atoms with Gasteiger partial charge in [-0.05, 0) is 56.0 Å². The second-order valence-corrected chi connectivity index (χ2v) is 8.46. The average Bonchev–Trinajstić information content (AvgIpc) is 2.85. The van der Waals surface area contributed by atoms with Crippen LogP contribution >= 0.6 is 11.3 Å². The Labute approximate surface area is 127 Å². The molecule has 0 saturated carbocycles. The highest BCUT2D eigenvalue weighted by Crippen LogP contribution is 2.40. The predicted molar refractivity (Wildman–Crippen MR) is 87.4 cm³/mol. The first-order chi connectivity index (χ1) is 9.48. The minimum absolute atomic E-state index is 0.235. The zero-order valence-electron chi connectivity index (χ0n) is 13.3. The largest absolute Gasteiger partial charge is 0.309 e. The lowest BCUT2D eigenvalue weighted by atomic mass is 9.86. The van der Waals surface area contributed by atoms with Crippen LogP contribution in [0.15, 0.2) is 11.4 Å². The third-order valence-corrected chi connectivity index (χ3v) is 5.98. The molecule has 0 bridgehead atoms. The van der Waals surface area contributed by atoms with Crippen molar-refractivity contribution in [2.24, 2.45) is 5.92 Å². The molecule has 2 atom stereocenters. The van der Waals surface area contributed by atoms with Crippen molar-refractivity contribution in [1.29, 1.82) is 0 Å². The molecule has 1 N–H and O–H groups in total. The number of hydrogen-bond acceptors (Lipinski definition) is 3. The summed E-state index contributed by atoms with van der Waals surface area (Å²) in [5, 5.41) is 6.03. The lowest BCUT2D eigenvalue weighted by Crippen LogP contribution is -2.63. The summed E-state index contributed by atoms with van der Waals surface area (Å²) in [4.78, 5) is 4.45. The zero-order chi connectivity index (χ0) is 14.3.